The average molecular weight is 284 g/mol. The molecule has 2 N–H and O–H groups in total. The molecule has 96 valence electrons. The molecule has 1 aromatic heterocycles. The van der Waals surface area contributed by atoms with E-state index in [4.69, 9.17) is 28.9 Å². The zero-order valence-electron chi connectivity index (χ0n) is 10.3. The van der Waals surface area contributed by atoms with Crippen LogP contribution in [0, 0.1) is 6.92 Å². The maximum atomic E-state index is 6.21. The molecular weight excluding hydrogens is 269 g/mol. The molecule has 1 heterocycles. The Hall–Kier alpha value is -1.03. The molecule has 1 aromatic carbocycles. The SMILES string of the molecule is Cc1c(C(N)Cc2cc(Cl)ccc2Cl)cnn1C. The van der Waals surface area contributed by atoms with Crippen molar-refractivity contribution in [1.82, 2.24) is 9.78 Å². The van der Waals surface area contributed by atoms with Crippen LogP contribution in [0.5, 0.6) is 0 Å². The first-order valence-corrected chi connectivity index (χ1v) is 6.42. The molecule has 3 nitrogen and oxygen atoms in total. The van der Waals surface area contributed by atoms with Gasteiger partial charge in [-0.1, -0.05) is 23.2 Å². The molecule has 0 spiro atoms. The molecule has 2 rings (SSSR count). The van der Waals surface area contributed by atoms with Crippen LogP contribution in [0.15, 0.2) is 24.4 Å². The highest BCUT2D eigenvalue weighted by Gasteiger charge is 2.14. The van der Waals surface area contributed by atoms with E-state index in [9.17, 15) is 0 Å². The Kier molecular flexibility index (Phi) is 3.95. The Balaban J connectivity index is 2.23. The minimum absolute atomic E-state index is 0.130. The molecule has 18 heavy (non-hydrogen) atoms. The fraction of sp³-hybridized carbons (Fsp3) is 0.308. The Morgan fingerprint density at radius 1 is 1.39 bits per heavy atom. The molecule has 0 aliphatic rings. The van der Waals surface area contributed by atoms with Crippen LogP contribution in [0.1, 0.15) is 22.9 Å². The highest BCUT2D eigenvalue weighted by atomic mass is 35.5. The number of halogens is 2. The van der Waals surface area contributed by atoms with Crippen LogP contribution < -0.4 is 5.73 Å². The Bertz CT molecular complexity index is 563. The van der Waals surface area contributed by atoms with Crippen LogP contribution in [0.25, 0.3) is 0 Å². The van der Waals surface area contributed by atoms with Crippen LogP contribution in [0.2, 0.25) is 10.0 Å². The largest absolute Gasteiger partial charge is 0.324 e. The van der Waals surface area contributed by atoms with Gasteiger partial charge in [0.1, 0.15) is 0 Å². The molecule has 0 fully saturated rings. The van der Waals surface area contributed by atoms with Crippen molar-refractivity contribution in [2.45, 2.75) is 19.4 Å². The second-order valence-electron chi connectivity index (χ2n) is 4.36. The standard InChI is InChI=1S/C13H15Cl2N3/c1-8-11(7-17-18(8)2)13(16)6-9-5-10(14)3-4-12(9)15/h3-5,7,13H,6,16H2,1-2H3. The van der Waals surface area contributed by atoms with Crippen LogP contribution in [0.4, 0.5) is 0 Å². The maximum absolute atomic E-state index is 6.21. The lowest BCUT2D eigenvalue weighted by Gasteiger charge is -2.13. The van der Waals surface area contributed by atoms with Crippen molar-refractivity contribution in [3.05, 3.63) is 51.3 Å². The minimum atomic E-state index is -0.130. The Morgan fingerprint density at radius 3 is 2.72 bits per heavy atom. The zero-order valence-corrected chi connectivity index (χ0v) is 11.8. The highest BCUT2D eigenvalue weighted by Crippen LogP contribution is 2.26. The molecule has 0 saturated heterocycles. The molecule has 2 aromatic rings. The van der Waals surface area contributed by atoms with Gasteiger partial charge in [-0.05, 0) is 37.1 Å². The lowest BCUT2D eigenvalue weighted by atomic mass is 10.0. The lowest BCUT2D eigenvalue weighted by Crippen LogP contribution is -2.14. The van der Waals surface area contributed by atoms with Crippen LogP contribution in [-0.2, 0) is 13.5 Å². The van der Waals surface area contributed by atoms with Gasteiger partial charge in [-0.3, -0.25) is 4.68 Å². The predicted molar refractivity (Wildman–Crippen MR) is 75.0 cm³/mol. The third kappa shape index (κ3) is 2.69. The van der Waals surface area contributed by atoms with E-state index >= 15 is 0 Å². The highest BCUT2D eigenvalue weighted by molar-refractivity contribution is 6.33. The summed E-state index contributed by atoms with van der Waals surface area (Å²) in [4.78, 5) is 0. The smallest absolute Gasteiger partial charge is 0.0540 e. The molecule has 0 amide bonds. The fourth-order valence-electron chi connectivity index (χ4n) is 1.93. The number of nitrogens with zero attached hydrogens (tertiary/aromatic N) is 2. The summed E-state index contributed by atoms with van der Waals surface area (Å²) in [5.41, 5.74) is 9.27. The first kappa shape index (κ1) is 13.4. The first-order valence-electron chi connectivity index (χ1n) is 5.67. The summed E-state index contributed by atoms with van der Waals surface area (Å²) in [7, 11) is 1.90. The predicted octanol–water partition coefficient (Wildman–Crippen LogP) is 3.28. The maximum Gasteiger partial charge on any atom is 0.0540 e. The van der Waals surface area contributed by atoms with Gasteiger partial charge in [-0.15, -0.1) is 0 Å². The monoisotopic (exact) mass is 283 g/mol. The lowest BCUT2D eigenvalue weighted by molar-refractivity contribution is 0.701. The molecular formula is C13H15Cl2N3. The molecule has 0 aliphatic carbocycles. The fourth-order valence-corrected chi connectivity index (χ4v) is 2.32. The molecule has 0 radical (unpaired) electrons. The van der Waals surface area contributed by atoms with E-state index in [2.05, 4.69) is 5.10 Å². The first-order chi connectivity index (χ1) is 8.49. The quantitative estimate of drug-likeness (QED) is 0.940. The van der Waals surface area contributed by atoms with Crippen LogP contribution in [-0.4, -0.2) is 9.78 Å². The van der Waals surface area contributed by atoms with E-state index < -0.39 is 0 Å². The van der Waals surface area contributed by atoms with Crippen molar-refractivity contribution in [3.63, 3.8) is 0 Å². The van der Waals surface area contributed by atoms with Gasteiger partial charge >= 0.3 is 0 Å². The summed E-state index contributed by atoms with van der Waals surface area (Å²) in [5, 5.41) is 5.56. The van der Waals surface area contributed by atoms with E-state index in [-0.39, 0.29) is 6.04 Å². The van der Waals surface area contributed by atoms with Gasteiger partial charge in [0.25, 0.3) is 0 Å². The number of nitrogens with two attached hydrogens (primary N) is 1. The molecule has 5 heteroatoms. The van der Waals surface area contributed by atoms with E-state index in [1.165, 1.54) is 0 Å². The summed E-state index contributed by atoms with van der Waals surface area (Å²) in [6, 6.07) is 5.29. The third-order valence-electron chi connectivity index (χ3n) is 3.12. The number of hydrogen-bond acceptors (Lipinski definition) is 2. The van der Waals surface area contributed by atoms with Gasteiger partial charge < -0.3 is 5.73 Å². The Morgan fingerprint density at radius 2 is 2.11 bits per heavy atom. The zero-order chi connectivity index (χ0) is 13.3. The summed E-state index contributed by atoms with van der Waals surface area (Å²) >= 11 is 12.1. The van der Waals surface area contributed by atoms with Crippen molar-refractivity contribution >= 4 is 23.2 Å². The molecule has 0 aliphatic heterocycles. The van der Waals surface area contributed by atoms with Gasteiger partial charge in [0.2, 0.25) is 0 Å². The number of hydrogen-bond donors (Lipinski definition) is 1. The summed E-state index contributed by atoms with van der Waals surface area (Å²) in [6.45, 7) is 2.00. The number of rotatable bonds is 3. The molecule has 0 bridgehead atoms. The summed E-state index contributed by atoms with van der Waals surface area (Å²) < 4.78 is 1.81. The van der Waals surface area contributed by atoms with Gasteiger partial charge in [0.05, 0.1) is 6.20 Å². The van der Waals surface area contributed by atoms with Gasteiger partial charge in [0.15, 0.2) is 0 Å². The minimum Gasteiger partial charge on any atom is -0.324 e. The van der Waals surface area contributed by atoms with E-state index in [0.717, 1.165) is 16.8 Å². The van der Waals surface area contributed by atoms with Gasteiger partial charge in [-0.25, -0.2) is 0 Å². The van der Waals surface area contributed by atoms with Crippen molar-refractivity contribution in [3.8, 4) is 0 Å². The number of aromatic nitrogens is 2. The Labute approximate surface area is 117 Å². The van der Waals surface area contributed by atoms with Crippen LogP contribution in [0.3, 0.4) is 0 Å². The van der Waals surface area contributed by atoms with E-state index in [0.29, 0.717) is 16.5 Å². The summed E-state index contributed by atoms with van der Waals surface area (Å²) in [6.07, 6.45) is 2.45. The van der Waals surface area contributed by atoms with Crippen molar-refractivity contribution in [2.24, 2.45) is 12.8 Å². The van der Waals surface area contributed by atoms with E-state index in [1.807, 2.05) is 24.7 Å². The van der Waals surface area contributed by atoms with Gasteiger partial charge in [-0.2, -0.15) is 5.10 Å². The topological polar surface area (TPSA) is 43.8 Å². The van der Waals surface area contributed by atoms with E-state index in [1.54, 1.807) is 18.3 Å². The second-order valence-corrected chi connectivity index (χ2v) is 5.20. The number of aryl methyl sites for hydroxylation is 1. The van der Waals surface area contributed by atoms with Crippen molar-refractivity contribution in [1.29, 1.82) is 0 Å². The molecule has 0 saturated carbocycles. The molecule has 1 unspecified atom stereocenters. The second kappa shape index (κ2) is 5.31. The van der Waals surface area contributed by atoms with Crippen molar-refractivity contribution in [2.75, 3.05) is 0 Å². The normalized spacial score (nSPS) is 12.7. The van der Waals surface area contributed by atoms with Crippen molar-refractivity contribution < 1.29 is 0 Å². The molecule has 1 atom stereocenters. The average Bonchev–Trinajstić information content (AvgIpc) is 2.65. The third-order valence-corrected chi connectivity index (χ3v) is 3.72. The number of benzene rings is 1. The van der Waals surface area contributed by atoms with Crippen LogP contribution >= 0.6 is 23.2 Å². The summed E-state index contributed by atoms with van der Waals surface area (Å²) in [5.74, 6) is 0. The van der Waals surface area contributed by atoms with Gasteiger partial charge in [0, 0.05) is 34.4 Å².